The lowest BCUT2D eigenvalue weighted by Crippen LogP contribution is -2.04. The molecule has 3 rings (SSSR count). The molecule has 0 unspecified atom stereocenters. The fourth-order valence-electron chi connectivity index (χ4n) is 3.03. The van der Waals surface area contributed by atoms with E-state index in [9.17, 15) is 34.8 Å². The van der Waals surface area contributed by atoms with Gasteiger partial charge in [0.1, 0.15) is 22.6 Å². The summed E-state index contributed by atoms with van der Waals surface area (Å²) >= 11 is 0. The molecule has 0 saturated heterocycles. The molecule has 7 nitrogen and oxygen atoms in total. The van der Waals surface area contributed by atoms with E-state index in [2.05, 4.69) is 0 Å². The Hall–Kier alpha value is -4.13. The largest absolute Gasteiger partial charge is 0.507 e. The topological polar surface area (TPSA) is 132 Å². The molecule has 29 heavy (non-hydrogen) atoms. The zero-order valence-corrected chi connectivity index (χ0v) is 15.2. The molecule has 7 heteroatoms. The lowest BCUT2D eigenvalue weighted by Gasteiger charge is -2.16. The van der Waals surface area contributed by atoms with Crippen LogP contribution in [0.4, 0.5) is 0 Å². The van der Waals surface area contributed by atoms with Gasteiger partial charge in [0.15, 0.2) is 5.78 Å². The maximum absolute atomic E-state index is 11.8. The molecule has 0 aliphatic heterocycles. The lowest BCUT2D eigenvalue weighted by atomic mass is 9.88. The van der Waals surface area contributed by atoms with Crippen LogP contribution in [0.2, 0.25) is 0 Å². The van der Waals surface area contributed by atoms with Gasteiger partial charge in [-0.05, 0) is 71.2 Å². The van der Waals surface area contributed by atoms with Gasteiger partial charge in [-0.15, -0.1) is 0 Å². The van der Waals surface area contributed by atoms with Crippen LogP contribution in [0.5, 0.6) is 11.5 Å². The summed E-state index contributed by atoms with van der Waals surface area (Å²) in [5.41, 5.74) is 1.57. The van der Waals surface area contributed by atoms with Crippen molar-refractivity contribution in [3.05, 3.63) is 88.0 Å². The van der Waals surface area contributed by atoms with E-state index < -0.39 is 23.4 Å². The molecule has 1 aliphatic carbocycles. The molecule has 4 N–H and O–H groups in total. The Morgan fingerprint density at radius 1 is 0.793 bits per heavy atom. The molecule has 0 spiro atoms. The summed E-state index contributed by atoms with van der Waals surface area (Å²) in [5, 5.41) is 38.3. The molecule has 1 aliphatic rings. The normalized spacial score (nSPS) is 13.2. The van der Waals surface area contributed by atoms with Gasteiger partial charge in [-0.25, -0.2) is 9.59 Å². The highest BCUT2D eigenvalue weighted by molar-refractivity contribution is 6.07. The third-order valence-corrected chi connectivity index (χ3v) is 4.49. The number of carbonyl (C=O) groups excluding carboxylic acids is 1. The zero-order valence-electron chi connectivity index (χ0n) is 15.2. The molecule has 0 heterocycles. The van der Waals surface area contributed by atoms with E-state index in [1.807, 2.05) is 0 Å². The number of allylic oxidation sites excluding steroid dienone is 5. The number of phenols is 2. The first-order valence-electron chi connectivity index (χ1n) is 8.47. The minimum Gasteiger partial charge on any atom is -0.507 e. The van der Waals surface area contributed by atoms with E-state index in [0.29, 0.717) is 27.8 Å². The standard InChI is InChI=1S/C22H16O7/c1-11-8-12(2-5-17(11)23)20(13-3-6-18(24)15(9-13)21(26)27)14-4-7-19(25)16(10-14)22(28)29/h2-10,24-25H,1H3,(H,26,27)(H,28,29). The molecular weight excluding hydrogens is 376 g/mol. The van der Waals surface area contributed by atoms with Crippen LogP contribution >= 0.6 is 0 Å². The summed E-state index contributed by atoms with van der Waals surface area (Å²) < 4.78 is 0. The molecule has 0 fully saturated rings. The monoisotopic (exact) mass is 392 g/mol. The summed E-state index contributed by atoms with van der Waals surface area (Å²) in [4.78, 5) is 34.7. The first-order valence-corrected chi connectivity index (χ1v) is 8.47. The molecule has 0 aromatic heterocycles. The van der Waals surface area contributed by atoms with Crippen molar-refractivity contribution in [3.8, 4) is 11.5 Å². The molecule has 0 saturated carbocycles. The zero-order chi connectivity index (χ0) is 21.3. The Labute approximate surface area is 165 Å². The average molecular weight is 392 g/mol. The minimum atomic E-state index is -1.33. The lowest BCUT2D eigenvalue weighted by molar-refractivity contribution is -0.111. The first-order chi connectivity index (χ1) is 13.7. The Morgan fingerprint density at radius 2 is 1.28 bits per heavy atom. The number of benzene rings is 2. The van der Waals surface area contributed by atoms with E-state index in [1.165, 1.54) is 42.5 Å². The van der Waals surface area contributed by atoms with Gasteiger partial charge >= 0.3 is 11.9 Å². The van der Waals surface area contributed by atoms with Gasteiger partial charge in [-0.1, -0.05) is 18.2 Å². The number of ketones is 1. The molecule has 2 aromatic rings. The van der Waals surface area contributed by atoms with E-state index in [0.717, 1.165) is 0 Å². The van der Waals surface area contributed by atoms with Crippen molar-refractivity contribution in [2.24, 2.45) is 0 Å². The van der Waals surface area contributed by atoms with Crippen LogP contribution in [0.1, 0.15) is 38.8 Å². The fourth-order valence-corrected chi connectivity index (χ4v) is 3.03. The predicted molar refractivity (Wildman–Crippen MR) is 104 cm³/mol. The van der Waals surface area contributed by atoms with Crippen molar-refractivity contribution >= 4 is 23.3 Å². The van der Waals surface area contributed by atoms with Crippen LogP contribution < -0.4 is 0 Å². The number of hydrogen-bond acceptors (Lipinski definition) is 5. The second-order valence-electron chi connectivity index (χ2n) is 6.43. The van der Waals surface area contributed by atoms with Crippen molar-refractivity contribution in [2.45, 2.75) is 6.92 Å². The van der Waals surface area contributed by atoms with Gasteiger partial charge in [-0.3, -0.25) is 4.79 Å². The molecule has 0 bridgehead atoms. The SMILES string of the molecule is CC1=CC(=C(c2ccc(O)c(C(=O)O)c2)c2ccc(O)c(C(=O)O)c2)C=CC1=O. The quantitative estimate of drug-likeness (QED) is 0.627. The average Bonchev–Trinajstić information content (AvgIpc) is 2.66. The molecule has 0 amide bonds. The Bertz CT molecular complexity index is 1080. The van der Waals surface area contributed by atoms with Gasteiger partial charge in [0, 0.05) is 0 Å². The van der Waals surface area contributed by atoms with Gasteiger partial charge < -0.3 is 20.4 Å². The van der Waals surface area contributed by atoms with E-state index in [1.54, 1.807) is 19.1 Å². The maximum atomic E-state index is 11.8. The second kappa shape index (κ2) is 7.47. The summed E-state index contributed by atoms with van der Waals surface area (Å²) in [6, 6.07) is 7.97. The van der Waals surface area contributed by atoms with Crippen LogP contribution in [0.25, 0.3) is 5.57 Å². The van der Waals surface area contributed by atoms with E-state index in [4.69, 9.17) is 0 Å². The second-order valence-corrected chi connectivity index (χ2v) is 6.43. The number of rotatable bonds is 4. The van der Waals surface area contributed by atoms with Gasteiger partial charge in [0.05, 0.1) is 0 Å². The maximum Gasteiger partial charge on any atom is 0.339 e. The number of carbonyl (C=O) groups is 3. The number of aromatic carboxylic acids is 2. The number of hydrogen-bond donors (Lipinski definition) is 4. The Balaban J connectivity index is 2.34. The molecule has 146 valence electrons. The van der Waals surface area contributed by atoms with Crippen molar-refractivity contribution in [1.29, 1.82) is 0 Å². The van der Waals surface area contributed by atoms with E-state index in [-0.39, 0.29) is 16.9 Å². The van der Waals surface area contributed by atoms with Crippen molar-refractivity contribution < 1.29 is 34.8 Å². The minimum absolute atomic E-state index is 0.179. The number of carboxylic acid groups (broad SMARTS) is 2. The summed E-state index contributed by atoms with van der Waals surface area (Å²) in [7, 11) is 0. The van der Waals surface area contributed by atoms with Crippen LogP contribution in [-0.2, 0) is 4.79 Å². The molecule has 0 radical (unpaired) electrons. The first kappa shape index (κ1) is 19.6. The predicted octanol–water partition coefficient (Wildman–Crippen LogP) is 3.38. The fraction of sp³-hybridized carbons (Fsp3) is 0.0455. The highest BCUT2D eigenvalue weighted by atomic mass is 16.4. The van der Waals surface area contributed by atoms with E-state index >= 15 is 0 Å². The smallest absolute Gasteiger partial charge is 0.339 e. The van der Waals surface area contributed by atoms with Gasteiger partial charge in [0.2, 0.25) is 0 Å². The summed E-state index contributed by atoms with van der Waals surface area (Å²) in [5.74, 6) is -3.66. The third-order valence-electron chi connectivity index (χ3n) is 4.49. The van der Waals surface area contributed by atoms with Crippen molar-refractivity contribution in [2.75, 3.05) is 0 Å². The summed E-state index contributed by atoms with van der Waals surface area (Å²) in [6.45, 7) is 1.63. The number of aromatic hydroxyl groups is 2. The molecule has 2 aromatic carbocycles. The van der Waals surface area contributed by atoms with Crippen molar-refractivity contribution in [3.63, 3.8) is 0 Å². The highest BCUT2D eigenvalue weighted by Gasteiger charge is 2.19. The van der Waals surface area contributed by atoms with Gasteiger partial charge in [-0.2, -0.15) is 0 Å². The molecular formula is C22H16O7. The van der Waals surface area contributed by atoms with Crippen LogP contribution in [0.3, 0.4) is 0 Å². The Morgan fingerprint density at radius 3 is 1.69 bits per heavy atom. The Kier molecular flexibility index (Phi) is 5.06. The van der Waals surface area contributed by atoms with Gasteiger partial charge in [0.25, 0.3) is 0 Å². The van der Waals surface area contributed by atoms with Crippen LogP contribution in [-0.4, -0.2) is 38.1 Å². The highest BCUT2D eigenvalue weighted by Crippen LogP contribution is 2.34. The number of carboxylic acids is 2. The summed E-state index contributed by atoms with van der Waals surface area (Å²) in [6.07, 6.45) is 4.52. The van der Waals surface area contributed by atoms with Crippen LogP contribution in [0.15, 0.2) is 65.8 Å². The van der Waals surface area contributed by atoms with Crippen molar-refractivity contribution in [1.82, 2.24) is 0 Å². The molecule has 0 atom stereocenters. The van der Waals surface area contributed by atoms with Crippen LogP contribution in [0, 0.1) is 0 Å². The third kappa shape index (κ3) is 3.79.